The molecule has 7 nitrogen and oxygen atoms in total. The van der Waals surface area contributed by atoms with Gasteiger partial charge in [0, 0.05) is 19.3 Å². The lowest BCUT2D eigenvalue weighted by Crippen LogP contribution is -2.40. The highest BCUT2D eigenvalue weighted by molar-refractivity contribution is 5.68. The molecular formula is C10H15N3O4. The van der Waals surface area contributed by atoms with Crippen LogP contribution in [0.3, 0.4) is 0 Å². The Morgan fingerprint density at radius 2 is 2.12 bits per heavy atom. The molecule has 0 aromatic carbocycles. The Hall–Kier alpha value is -2.05. The molecule has 94 valence electrons. The smallest absolute Gasteiger partial charge is 0.331 e. The lowest BCUT2D eigenvalue weighted by molar-refractivity contribution is -0.140. The van der Waals surface area contributed by atoms with Crippen LogP contribution in [-0.2, 0) is 22.6 Å². The number of nitrogens with two attached hydrogens (primary N) is 1. The molecule has 0 amide bonds. The maximum absolute atomic E-state index is 11.8. The van der Waals surface area contributed by atoms with E-state index in [1.807, 2.05) is 0 Å². The van der Waals surface area contributed by atoms with Crippen LogP contribution in [0.2, 0.25) is 0 Å². The second-order valence-electron chi connectivity index (χ2n) is 3.44. The van der Waals surface area contributed by atoms with Crippen molar-refractivity contribution in [2.24, 2.45) is 0 Å². The van der Waals surface area contributed by atoms with Crippen LogP contribution in [0.4, 0.5) is 5.69 Å². The Morgan fingerprint density at radius 3 is 2.65 bits per heavy atom. The van der Waals surface area contributed by atoms with Crippen LogP contribution >= 0.6 is 0 Å². The zero-order valence-electron chi connectivity index (χ0n) is 9.80. The highest BCUT2D eigenvalue weighted by Crippen LogP contribution is 1.92. The van der Waals surface area contributed by atoms with Gasteiger partial charge >= 0.3 is 11.7 Å². The van der Waals surface area contributed by atoms with Gasteiger partial charge in [-0.2, -0.15) is 0 Å². The number of hydrogen-bond acceptors (Lipinski definition) is 5. The van der Waals surface area contributed by atoms with Crippen molar-refractivity contribution in [1.29, 1.82) is 0 Å². The zero-order chi connectivity index (χ0) is 13.0. The Bertz CT molecular complexity index is 529. The summed E-state index contributed by atoms with van der Waals surface area (Å²) in [7, 11) is 1.24. The maximum atomic E-state index is 11.8. The molecule has 0 bridgehead atoms. The largest absolute Gasteiger partial charge is 0.469 e. The van der Waals surface area contributed by atoms with Gasteiger partial charge < -0.3 is 10.5 Å². The first-order valence-corrected chi connectivity index (χ1v) is 5.17. The number of methoxy groups -OCH3 is 1. The molecule has 0 spiro atoms. The maximum Gasteiger partial charge on any atom is 0.331 e. The highest BCUT2D eigenvalue weighted by atomic mass is 16.5. The van der Waals surface area contributed by atoms with Crippen molar-refractivity contribution in [2.75, 3.05) is 12.8 Å². The van der Waals surface area contributed by atoms with E-state index in [0.29, 0.717) is 6.54 Å². The van der Waals surface area contributed by atoms with Gasteiger partial charge in [0.15, 0.2) is 0 Å². The van der Waals surface area contributed by atoms with E-state index in [9.17, 15) is 14.4 Å². The van der Waals surface area contributed by atoms with E-state index in [1.165, 1.54) is 17.9 Å². The number of nitrogens with zero attached hydrogens (tertiary/aromatic N) is 2. The number of anilines is 1. The van der Waals surface area contributed by atoms with Crippen LogP contribution in [0, 0.1) is 0 Å². The van der Waals surface area contributed by atoms with Gasteiger partial charge in [-0.3, -0.25) is 18.7 Å². The van der Waals surface area contributed by atoms with Gasteiger partial charge in [0.1, 0.15) is 5.69 Å². The lowest BCUT2D eigenvalue weighted by atomic mass is 10.4. The number of carbonyl (C=O) groups excluding carboxylic acids is 1. The molecule has 0 atom stereocenters. The van der Waals surface area contributed by atoms with E-state index >= 15 is 0 Å². The van der Waals surface area contributed by atoms with Gasteiger partial charge in [-0.25, -0.2) is 4.79 Å². The summed E-state index contributed by atoms with van der Waals surface area (Å²) < 4.78 is 6.70. The van der Waals surface area contributed by atoms with Crippen molar-refractivity contribution in [3.05, 3.63) is 27.0 Å². The Morgan fingerprint density at radius 1 is 1.47 bits per heavy atom. The van der Waals surface area contributed by atoms with Gasteiger partial charge in [-0.15, -0.1) is 0 Å². The van der Waals surface area contributed by atoms with Crippen molar-refractivity contribution in [3.63, 3.8) is 0 Å². The summed E-state index contributed by atoms with van der Waals surface area (Å²) in [6, 6.07) is 0. The van der Waals surface area contributed by atoms with Crippen LogP contribution in [0.25, 0.3) is 0 Å². The fraction of sp³-hybridized carbons (Fsp3) is 0.500. The van der Waals surface area contributed by atoms with E-state index in [4.69, 9.17) is 5.73 Å². The number of nitrogen functional groups attached to an aromatic ring is 1. The first kappa shape index (κ1) is 13.0. The van der Waals surface area contributed by atoms with Crippen LogP contribution in [0.5, 0.6) is 0 Å². The Kier molecular flexibility index (Phi) is 4.08. The third-order valence-corrected chi connectivity index (χ3v) is 2.37. The summed E-state index contributed by atoms with van der Waals surface area (Å²) in [6.45, 7) is 2.13. The second-order valence-corrected chi connectivity index (χ2v) is 3.44. The summed E-state index contributed by atoms with van der Waals surface area (Å²) in [5.74, 6) is -0.484. The van der Waals surface area contributed by atoms with E-state index in [-0.39, 0.29) is 18.7 Å². The monoisotopic (exact) mass is 241 g/mol. The Balaban J connectivity index is 3.14. The van der Waals surface area contributed by atoms with Gasteiger partial charge in [0.2, 0.25) is 0 Å². The van der Waals surface area contributed by atoms with E-state index in [0.717, 1.165) is 4.57 Å². The molecule has 1 aromatic rings. The van der Waals surface area contributed by atoms with Crippen molar-refractivity contribution >= 4 is 11.7 Å². The SMILES string of the molecule is CCn1cc(N)c(=O)n(CCC(=O)OC)c1=O. The Labute approximate surface area is 97.4 Å². The first-order valence-electron chi connectivity index (χ1n) is 5.17. The van der Waals surface area contributed by atoms with Crippen LogP contribution < -0.4 is 17.0 Å². The zero-order valence-corrected chi connectivity index (χ0v) is 9.80. The van der Waals surface area contributed by atoms with Crippen molar-refractivity contribution in [1.82, 2.24) is 9.13 Å². The van der Waals surface area contributed by atoms with E-state index < -0.39 is 17.2 Å². The van der Waals surface area contributed by atoms with Crippen molar-refractivity contribution < 1.29 is 9.53 Å². The molecule has 0 aliphatic carbocycles. The molecule has 7 heteroatoms. The van der Waals surface area contributed by atoms with Gasteiger partial charge in [-0.1, -0.05) is 0 Å². The molecule has 1 heterocycles. The molecule has 0 aliphatic heterocycles. The van der Waals surface area contributed by atoms with Crippen LogP contribution in [0.15, 0.2) is 15.8 Å². The minimum absolute atomic E-state index is 0.0173. The summed E-state index contributed by atoms with van der Waals surface area (Å²) in [4.78, 5) is 34.4. The number of aryl methyl sites for hydroxylation is 1. The molecule has 0 saturated heterocycles. The molecule has 0 saturated carbocycles. The average Bonchev–Trinajstić information content (AvgIpc) is 2.33. The normalized spacial score (nSPS) is 10.2. The van der Waals surface area contributed by atoms with Crippen molar-refractivity contribution in [2.45, 2.75) is 26.4 Å². The fourth-order valence-electron chi connectivity index (χ4n) is 1.40. The summed E-state index contributed by atoms with van der Waals surface area (Å²) in [6.07, 6.45) is 1.26. The van der Waals surface area contributed by atoms with E-state index in [2.05, 4.69) is 4.74 Å². The number of aromatic nitrogens is 2. The van der Waals surface area contributed by atoms with Gasteiger partial charge in [0.25, 0.3) is 5.56 Å². The predicted octanol–water partition coefficient (Wildman–Crippen LogP) is -0.825. The number of carbonyl (C=O) groups is 1. The second kappa shape index (κ2) is 5.33. The van der Waals surface area contributed by atoms with Crippen LogP contribution in [-0.4, -0.2) is 22.2 Å². The predicted molar refractivity (Wildman–Crippen MR) is 61.7 cm³/mol. The average molecular weight is 241 g/mol. The molecule has 0 unspecified atom stereocenters. The minimum atomic E-state index is -0.580. The molecule has 0 radical (unpaired) electrons. The summed E-state index contributed by atoms with van der Waals surface area (Å²) >= 11 is 0. The minimum Gasteiger partial charge on any atom is -0.469 e. The molecule has 17 heavy (non-hydrogen) atoms. The quantitative estimate of drug-likeness (QED) is 0.694. The molecule has 2 N–H and O–H groups in total. The fourth-order valence-corrected chi connectivity index (χ4v) is 1.40. The molecule has 0 fully saturated rings. The third kappa shape index (κ3) is 2.74. The van der Waals surface area contributed by atoms with Crippen molar-refractivity contribution in [3.8, 4) is 0 Å². The topological polar surface area (TPSA) is 96.3 Å². The van der Waals surface area contributed by atoms with Gasteiger partial charge in [-0.05, 0) is 6.92 Å². The highest BCUT2D eigenvalue weighted by Gasteiger charge is 2.10. The molecule has 0 aliphatic rings. The summed E-state index contributed by atoms with van der Waals surface area (Å²) in [5, 5.41) is 0. The standard InChI is InChI=1S/C10H15N3O4/c1-3-12-6-7(11)9(15)13(10(12)16)5-4-8(14)17-2/h6H,3-5,11H2,1-2H3. The number of esters is 1. The van der Waals surface area contributed by atoms with E-state index in [1.54, 1.807) is 6.92 Å². The molecular weight excluding hydrogens is 226 g/mol. The first-order chi connectivity index (χ1) is 8.01. The van der Waals surface area contributed by atoms with Crippen LogP contribution in [0.1, 0.15) is 13.3 Å². The lowest BCUT2D eigenvalue weighted by Gasteiger charge is -2.09. The number of hydrogen-bond donors (Lipinski definition) is 1. The molecule has 1 rings (SSSR count). The molecule has 1 aromatic heterocycles. The number of rotatable bonds is 4. The van der Waals surface area contributed by atoms with Gasteiger partial charge in [0.05, 0.1) is 13.5 Å². The third-order valence-electron chi connectivity index (χ3n) is 2.37. The number of ether oxygens (including phenoxy) is 1. The summed E-state index contributed by atoms with van der Waals surface area (Å²) in [5.41, 5.74) is 4.42.